The molecule has 5 nitrogen and oxygen atoms in total. The van der Waals surface area contributed by atoms with Crippen LogP contribution in [0.4, 0.5) is 5.82 Å². The van der Waals surface area contributed by atoms with Gasteiger partial charge in [0.15, 0.2) is 5.82 Å². The van der Waals surface area contributed by atoms with Crippen molar-refractivity contribution in [2.24, 2.45) is 5.92 Å². The molecular weight excluding hydrogens is 360 g/mol. The number of nitrogens with zero attached hydrogens (tertiary/aromatic N) is 4. The lowest BCUT2D eigenvalue weighted by Gasteiger charge is -2.36. The van der Waals surface area contributed by atoms with Crippen molar-refractivity contribution in [3.63, 3.8) is 0 Å². The highest BCUT2D eigenvalue weighted by atomic mass is 16.2. The summed E-state index contributed by atoms with van der Waals surface area (Å²) in [6.07, 6.45) is 1.83. The van der Waals surface area contributed by atoms with Crippen LogP contribution < -0.4 is 4.90 Å². The number of piperazine rings is 1. The first kappa shape index (κ1) is 19.4. The van der Waals surface area contributed by atoms with Crippen molar-refractivity contribution in [1.82, 2.24) is 15.1 Å². The van der Waals surface area contributed by atoms with Crippen LogP contribution in [0.1, 0.15) is 26.7 Å². The molecule has 0 bridgehead atoms. The lowest BCUT2D eigenvalue weighted by atomic mass is 10.0. The Morgan fingerprint density at radius 2 is 1.62 bits per heavy atom. The number of hydrogen-bond acceptors (Lipinski definition) is 4. The van der Waals surface area contributed by atoms with Crippen molar-refractivity contribution < 1.29 is 4.79 Å². The van der Waals surface area contributed by atoms with Gasteiger partial charge in [-0.15, -0.1) is 10.2 Å². The SMILES string of the molecule is CCC(CC)C(=O)N1CCN(c2ccc(-c3cccc4ccccc34)nn2)CC1. The minimum Gasteiger partial charge on any atom is -0.352 e. The maximum atomic E-state index is 12.6. The van der Waals surface area contributed by atoms with E-state index in [9.17, 15) is 4.79 Å². The number of hydrogen-bond donors (Lipinski definition) is 0. The molecule has 1 saturated heterocycles. The molecule has 0 atom stereocenters. The molecule has 0 N–H and O–H groups in total. The molecule has 1 aliphatic heterocycles. The van der Waals surface area contributed by atoms with E-state index in [1.807, 2.05) is 17.0 Å². The first-order valence-corrected chi connectivity index (χ1v) is 10.6. The minimum atomic E-state index is 0.154. The van der Waals surface area contributed by atoms with E-state index in [0.29, 0.717) is 5.91 Å². The predicted molar refractivity (Wildman–Crippen MR) is 118 cm³/mol. The highest BCUT2D eigenvalue weighted by Crippen LogP contribution is 2.27. The molecule has 3 aromatic rings. The molecule has 1 aliphatic rings. The molecule has 0 radical (unpaired) electrons. The smallest absolute Gasteiger partial charge is 0.225 e. The first-order chi connectivity index (χ1) is 14.2. The molecule has 2 aromatic carbocycles. The summed E-state index contributed by atoms with van der Waals surface area (Å²) in [7, 11) is 0. The monoisotopic (exact) mass is 388 g/mol. The highest BCUT2D eigenvalue weighted by Gasteiger charge is 2.26. The van der Waals surface area contributed by atoms with Gasteiger partial charge in [-0.2, -0.15) is 0 Å². The molecule has 150 valence electrons. The Hall–Kier alpha value is -2.95. The molecule has 5 heteroatoms. The van der Waals surface area contributed by atoms with Gasteiger partial charge in [0.05, 0.1) is 5.69 Å². The van der Waals surface area contributed by atoms with Gasteiger partial charge in [-0.25, -0.2) is 0 Å². The van der Waals surface area contributed by atoms with Gasteiger partial charge in [-0.05, 0) is 35.7 Å². The summed E-state index contributed by atoms with van der Waals surface area (Å²) in [5.41, 5.74) is 1.98. The van der Waals surface area contributed by atoms with E-state index in [-0.39, 0.29) is 5.92 Å². The zero-order valence-corrected chi connectivity index (χ0v) is 17.2. The van der Waals surface area contributed by atoms with Gasteiger partial charge < -0.3 is 9.80 Å². The quantitative estimate of drug-likeness (QED) is 0.651. The predicted octanol–water partition coefficient (Wildman–Crippen LogP) is 4.38. The van der Waals surface area contributed by atoms with Gasteiger partial charge in [-0.3, -0.25) is 4.79 Å². The second-order valence-corrected chi connectivity index (χ2v) is 7.63. The van der Waals surface area contributed by atoms with E-state index in [1.165, 1.54) is 10.8 Å². The minimum absolute atomic E-state index is 0.154. The molecule has 1 amide bonds. The van der Waals surface area contributed by atoms with E-state index in [0.717, 1.165) is 56.1 Å². The number of fused-ring (bicyclic) bond motifs is 1. The van der Waals surface area contributed by atoms with E-state index in [4.69, 9.17) is 0 Å². The molecule has 1 aromatic heterocycles. The summed E-state index contributed by atoms with van der Waals surface area (Å²) in [5, 5.41) is 11.4. The van der Waals surface area contributed by atoms with Crippen LogP contribution in [0.5, 0.6) is 0 Å². The first-order valence-electron chi connectivity index (χ1n) is 10.6. The van der Waals surface area contributed by atoms with Crippen LogP contribution in [0.25, 0.3) is 22.0 Å². The summed E-state index contributed by atoms with van der Waals surface area (Å²) in [6.45, 7) is 7.29. The third-order valence-electron chi connectivity index (χ3n) is 5.97. The highest BCUT2D eigenvalue weighted by molar-refractivity contribution is 5.95. The molecule has 0 unspecified atom stereocenters. The zero-order chi connectivity index (χ0) is 20.2. The molecular formula is C24H28N4O. The summed E-state index contributed by atoms with van der Waals surface area (Å²) in [6, 6.07) is 18.7. The van der Waals surface area contributed by atoms with Gasteiger partial charge in [-0.1, -0.05) is 56.3 Å². The Kier molecular flexibility index (Phi) is 5.74. The molecule has 29 heavy (non-hydrogen) atoms. The van der Waals surface area contributed by atoms with Crippen molar-refractivity contribution in [2.45, 2.75) is 26.7 Å². The number of benzene rings is 2. The van der Waals surface area contributed by atoms with Crippen LogP contribution in [0.3, 0.4) is 0 Å². The topological polar surface area (TPSA) is 49.3 Å². The number of amides is 1. The second-order valence-electron chi connectivity index (χ2n) is 7.63. The Balaban J connectivity index is 1.46. The lowest BCUT2D eigenvalue weighted by molar-refractivity contribution is -0.136. The van der Waals surface area contributed by atoms with Crippen LogP contribution in [0.15, 0.2) is 54.6 Å². The van der Waals surface area contributed by atoms with Gasteiger partial charge in [0, 0.05) is 37.7 Å². The van der Waals surface area contributed by atoms with Gasteiger partial charge in [0.2, 0.25) is 5.91 Å². The zero-order valence-electron chi connectivity index (χ0n) is 17.2. The summed E-state index contributed by atoms with van der Waals surface area (Å²) >= 11 is 0. The van der Waals surface area contributed by atoms with Crippen molar-refractivity contribution in [2.75, 3.05) is 31.1 Å². The van der Waals surface area contributed by atoms with Crippen LogP contribution in [-0.4, -0.2) is 47.2 Å². The van der Waals surface area contributed by atoms with Crippen LogP contribution in [0.2, 0.25) is 0 Å². The molecule has 4 rings (SSSR count). The van der Waals surface area contributed by atoms with E-state index in [1.54, 1.807) is 0 Å². The molecule has 0 aliphatic carbocycles. The van der Waals surface area contributed by atoms with Crippen molar-refractivity contribution in [3.05, 3.63) is 54.6 Å². The Morgan fingerprint density at radius 1 is 0.897 bits per heavy atom. The largest absolute Gasteiger partial charge is 0.352 e. The normalized spacial score (nSPS) is 14.6. The van der Waals surface area contributed by atoms with Gasteiger partial charge >= 0.3 is 0 Å². The van der Waals surface area contributed by atoms with Crippen molar-refractivity contribution in [3.8, 4) is 11.3 Å². The summed E-state index contributed by atoms with van der Waals surface area (Å²) < 4.78 is 0. The van der Waals surface area contributed by atoms with E-state index >= 15 is 0 Å². The molecule has 2 heterocycles. The maximum Gasteiger partial charge on any atom is 0.225 e. The number of carbonyl (C=O) groups is 1. The number of rotatable bonds is 5. The van der Waals surface area contributed by atoms with Crippen LogP contribution in [0, 0.1) is 5.92 Å². The Bertz CT molecular complexity index is 968. The third kappa shape index (κ3) is 3.95. The molecule has 0 spiro atoms. The fraction of sp³-hybridized carbons (Fsp3) is 0.375. The third-order valence-corrected chi connectivity index (χ3v) is 5.97. The van der Waals surface area contributed by atoms with Gasteiger partial charge in [0.1, 0.15) is 0 Å². The van der Waals surface area contributed by atoms with Crippen LogP contribution in [-0.2, 0) is 4.79 Å². The number of aromatic nitrogens is 2. The van der Waals surface area contributed by atoms with E-state index < -0.39 is 0 Å². The van der Waals surface area contributed by atoms with Crippen LogP contribution >= 0.6 is 0 Å². The average molecular weight is 389 g/mol. The van der Waals surface area contributed by atoms with Crippen molar-refractivity contribution >= 4 is 22.5 Å². The number of carbonyl (C=O) groups excluding carboxylic acids is 1. The maximum absolute atomic E-state index is 12.6. The average Bonchev–Trinajstić information content (AvgIpc) is 2.80. The Morgan fingerprint density at radius 3 is 2.31 bits per heavy atom. The lowest BCUT2D eigenvalue weighted by Crippen LogP contribution is -2.50. The Labute approximate surface area is 172 Å². The number of anilines is 1. The second kappa shape index (κ2) is 8.60. The molecule has 0 saturated carbocycles. The van der Waals surface area contributed by atoms with Gasteiger partial charge in [0.25, 0.3) is 0 Å². The standard InChI is InChI=1S/C24H28N4O/c1-3-18(4-2)24(29)28-16-14-27(15-17-28)23-13-12-22(25-26-23)21-11-7-9-19-8-5-6-10-20(19)21/h5-13,18H,3-4,14-17H2,1-2H3. The summed E-state index contributed by atoms with van der Waals surface area (Å²) in [4.78, 5) is 16.8. The fourth-order valence-electron chi connectivity index (χ4n) is 4.14. The molecule has 1 fully saturated rings. The van der Waals surface area contributed by atoms with E-state index in [2.05, 4.69) is 71.4 Å². The fourth-order valence-corrected chi connectivity index (χ4v) is 4.14. The van der Waals surface area contributed by atoms with Crippen molar-refractivity contribution in [1.29, 1.82) is 0 Å². The summed E-state index contributed by atoms with van der Waals surface area (Å²) in [5.74, 6) is 1.33.